The Labute approximate surface area is 105 Å². The molecule has 1 atom stereocenters. The van der Waals surface area contributed by atoms with Crippen LogP contribution in [-0.2, 0) is 19.1 Å². The number of nitrogens with zero attached hydrogens (tertiary/aromatic N) is 1. The van der Waals surface area contributed by atoms with Crippen molar-refractivity contribution < 1.29 is 24.2 Å². The molecule has 1 rings (SSSR count). The summed E-state index contributed by atoms with van der Waals surface area (Å²) in [6, 6.07) is -1.44. The second-order valence-electron chi connectivity index (χ2n) is 4.29. The van der Waals surface area contributed by atoms with Crippen molar-refractivity contribution in [3.05, 3.63) is 0 Å². The third-order valence-corrected chi connectivity index (χ3v) is 2.62. The lowest BCUT2D eigenvalue weighted by Gasteiger charge is -2.23. The molecule has 0 bridgehead atoms. The molecule has 3 N–H and O–H groups in total. The van der Waals surface area contributed by atoms with Gasteiger partial charge in [0, 0.05) is 6.54 Å². The van der Waals surface area contributed by atoms with Crippen molar-refractivity contribution in [3.63, 3.8) is 0 Å². The fourth-order valence-corrected chi connectivity index (χ4v) is 1.54. The molecule has 1 aliphatic carbocycles. The van der Waals surface area contributed by atoms with E-state index in [0.29, 0.717) is 12.5 Å². The van der Waals surface area contributed by atoms with E-state index in [4.69, 9.17) is 10.8 Å². The van der Waals surface area contributed by atoms with Crippen molar-refractivity contribution in [3.8, 4) is 0 Å². The number of nitrogens with two attached hydrogens (primary N) is 1. The number of amides is 1. The predicted octanol–water partition coefficient (Wildman–Crippen LogP) is -0.800. The van der Waals surface area contributed by atoms with Gasteiger partial charge in [-0.15, -0.1) is 0 Å². The van der Waals surface area contributed by atoms with E-state index >= 15 is 0 Å². The van der Waals surface area contributed by atoms with Crippen LogP contribution in [-0.4, -0.2) is 53.6 Å². The Morgan fingerprint density at radius 3 is 2.50 bits per heavy atom. The predicted molar refractivity (Wildman–Crippen MR) is 61.5 cm³/mol. The summed E-state index contributed by atoms with van der Waals surface area (Å²) >= 11 is 0. The lowest BCUT2D eigenvalue weighted by molar-refractivity contribution is -0.153. The molecule has 1 fully saturated rings. The number of esters is 1. The van der Waals surface area contributed by atoms with E-state index in [1.54, 1.807) is 6.92 Å². The summed E-state index contributed by atoms with van der Waals surface area (Å²) < 4.78 is 4.64. The van der Waals surface area contributed by atoms with Crippen LogP contribution < -0.4 is 5.73 Å². The number of hydrogen-bond donors (Lipinski definition) is 2. The van der Waals surface area contributed by atoms with Crippen LogP contribution in [0.25, 0.3) is 0 Å². The topological polar surface area (TPSA) is 110 Å². The Morgan fingerprint density at radius 2 is 2.06 bits per heavy atom. The van der Waals surface area contributed by atoms with E-state index in [2.05, 4.69) is 4.74 Å². The van der Waals surface area contributed by atoms with Crippen LogP contribution in [0, 0.1) is 5.92 Å². The Hall–Kier alpha value is -1.63. The number of aliphatic carboxylic acids is 1. The van der Waals surface area contributed by atoms with Crippen molar-refractivity contribution in [1.82, 2.24) is 4.90 Å². The van der Waals surface area contributed by atoms with Gasteiger partial charge in [-0.1, -0.05) is 0 Å². The van der Waals surface area contributed by atoms with Crippen molar-refractivity contribution in [2.75, 3.05) is 19.7 Å². The highest BCUT2D eigenvalue weighted by Crippen LogP contribution is 2.29. The van der Waals surface area contributed by atoms with Gasteiger partial charge in [-0.2, -0.15) is 0 Å². The second-order valence-corrected chi connectivity index (χ2v) is 4.29. The van der Waals surface area contributed by atoms with Gasteiger partial charge in [-0.05, 0) is 25.7 Å². The first kappa shape index (κ1) is 14.4. The highest BCUT2D eigenvalue weighted by molar-refractivity contribution is 6.02. The number of carbonyl (C=O) groups excluding carboxylic acids is 2. The van der Waals surface area contributed by atoms with Gasteiger partial charge in [0.2, 0.25) is 0 Å². The third kappa shape index (κ3) is 4.33. The molecule has 0 aromatic rings. The molecule has 1 saturated carbocycles. The fraction of sp³-hybridized carbons (Fsp3) is 0.727. The lowest BCUT2D eigenvalue weighted by atomic mass is 10.2. The highest BCUT2D eigenvalue weighted by atomic mass is 16.5. The second kappa shape index (κ2) is 6.34. The fourth-order valence-electron chi connectivity index (χ4n) is 1.54. The Morgan fingerprint density at radius 1 is 1.44 bits per heavy atom. The van der Waals surface area contributed by atoms with Crippen molar-refractivity contribution >= 4 is 17.8 Å². The minimum Gasteiger partial charge on any atom is -0.480 e. The van der Waals surface area contributed by atoms with Gasteiger partial charge in [-0.3, -0.25) is 9.59 Å². The lowest BCUT2D eigenvalue weighted by Crippen LogP contribution is -2.50. The minimum absolute atomic E-state index is 0.126. The Balaban J connectivity index is 2.61. The van der Waals surface area contributed by atoms with Crippen molar-refractivity contribution in [1.29, 1.82) is 0 Å². The standard InChI is InChI=1S/C11H18N2O5/c1-2-18-11(17)9(12)10(16)13(6-8(14)15)5-7-3-4-7/h7,9H,2-6,12H2,1H3,(H,14,15). The average molecular weight is 258 g/mol. The highest BCUT2D eigenvalue weighted by Gasteiger charge is 2.33. The van der Waals surface area contributed by atoms with E-state index < -0.39 is 30.4 Å². The van der Waals surface area contributed by atoms with Crippen LogP contribution in [0.2, 0.25) is 0 Å². The summed E-state index contributed by atoms with van der Waals surface area (Å²) in [6.07, 6.45) is 1.94. The first-order valence-corrected chi connectivity index (χ1v) is 5.88. The summed E-state index contributed by atoms with van der Waals surface area (Å²) in [5.74, 6) is -2.32. The van der Waals surface area contributed by atoms with Gasteiger partial charge >= 0.3 is 11.9 Å². The van der Waals surface area contributed by atoms with Crippen LogP contribution in [0.3, 0.4) is 0 Å². The molecule has 1 aliphatic rings. The molecule has 0 saturated heterocycles. The molecule has 102 valence electrons. The molecule has 0 spiro atoms. The van der Waals surface area contributed by atoms with E-state index in [-0.39, 0.29) is 6.61 Å². The van der Waals surface area contributed by atoms with Gasteiger partial charge in [0.05, 0.1) is 6.61 Å². The van der Waals surface area contributed by atoms with Gasteiger partial charge in [0.15, 0.2) is 6.04 Å². The SMILES string of the molecule is CCOC(=O)C(N)C(=O)N(CC(=O)O)CC1CC1. The molecular weight excluding hydrogens is 240 g/mol. The van der Waals surface area contributed by atoms with Crippen LogP contribution in [0.1, 0.15) is 19.8 Å². The van der Waals surface area contributed by atoms with E-state index in [1.807, 2.05) is 0 Å². The summed E-state index contributed by atoms with van der Waals surface area (Å²) in [7, 11) is 0. The van der Waals surface area contributed by atoms with Gasteiger partial charge in [-0.25, -0.2) is 4.79 Å². The molecule has 18 heavy (non-hydrogen) atoms. The molecule has 1 amide bonds. The summed E-state index contributed by atoms with van der Waals surface area (Å²) in [4.78, 5) is 35.0. The zero-order valence-electron chi connectivity index (χ0n) is 10.3. The van der Waals surface area contributed by atoms with Crippen LogP contribution in [0.15, 0.2) is 0 Å². The Bertz CT molecular complexity index is 340. The maximum absolute atomic E-state index is 11.9. The maximum Gasteiger partial charge on any atom is 0.332 e. The zero-order chi connectivity index (χ0) is 13.7. The minimum atomic E-state index is -1.44. The quantitative estimate of drug-likeness (QED) is 0.457. The molecule has 1 unspecified atom stereocenters. The molecule has 0 aromatic carbocycles. The third-order valence-electron chi connectivity index (χ3n) is 2.62. The maximum atomic E-state index is 11.9. The van der Waals surface area contributed by atoms with E-state index in [9.17, 15) is 14.4 Å². The van der Waals surface area contributed by atoms with Crippen LogP contribution >= 0.6 is 0 Å². The van der Waals surface area contributed by atoms with Gasteiger partial charge < -0.3 is 20.5 Å². The molecule has 7 nitrogen and oxygen atoms in total. The molecule has 0 aromatic heterocycles. The zero-order valence-corrected chi connectivity index (χ0v) is 10.3. The van der Waals surface area contributed by atoms with Gasteiger partial charge in [0.1, 0.15) is 6.54 Å². The van der Waals surface area contributed by atoms with Crippen molar-refractivity contribution in [2.24, 2.45) is 11.7 Å². The number of ether oxygens (including phenoxy) is 1. The first-order chi connectivity index (χ1) is 8.45. The Kier molecular flexibility index (Phi) is 5.08. The van der Waals surface area contributed by atoms with Crippen LogP contribution in [0.4, 0.5) is 0 Å². The average Bonchev–Trinajstić information content (AvgIpc) is 3.10. The monoisotopic (exact) mass is 258 g/mol. The normalized spacial score (nSPS) is 15.9. The number of hydrogen-bond acceptors (Lipinski definition) is 5. The largest absolute Gasteiger partial charge is 0.480 e. The first-order valence-electron chi connectivity index (χ1n) is 5.88. The molecule has 7 heteroatoms. The number of carboxylic acids is 1. The van der Waals surface area contributed by atoms with E-state index in [0.717, 1.165) is 17.7 Å². The molecule has 0 aliphatic heterocycles. The summed E-state index contributed by atoms with van der Waals surface area (Å²) in [6.45, 7) is 1.62. The number of rotatable bonds is 7. The number of carboxylic acid groups (broad SMARTS) is 1. The molecular formula is C11H18N2O5. The van der Waals surface area contributed by atoms with E-state index in [1.165, 1.54) is 0 Å². The van der Waals surface area contributed by atoms with Gasteiger partial charge in [0.25, 0.3) is 5.91 Å². The number of carbonyl (C=O) groups is 3. The summed E-state index contributed by atoms with van der Waals surface area (Å²) in [5, 5.41) is 8.74. The van der Waals surface area contributed by atoms with Crippen LogP contribution in [0.5, 0.6) is 0 Å². The van der Waals surface area contributed by atoms with Crippen molar-refractivity contribution in [2.45, 2.75) is 25.8 Å². The smallest absolute Gasteiger partial charge is 0.332 e. The molecule has 0 heterocycles. The summed E-state index contributed by atoms with van der Waals surface area (Å²) in [5.41, 5.74) is 5.46. The molecule has 0 radical (unpaired) electrons.